The summed E-state index contributed by atoms with van der Waals surface area (Å²) in [6.45, 7) is 4.24. The Balaban J connectivity index is 3.53. The second-order valence-electron chi connectivity index (χ2n) is 2.28. The molecule has 0 bridgehead atoms. The van der Waals surface area contributed by atoms with Crippen LogP contribution in [0.5, 0.6) is 0 Å². The molecule has 0 heterocycles. The first-order valence-electron chi connectivity index (χ1n) is 3.61. The quantitative estimate of drug-likeness (QED) is 0.278. The lowest BCUT2D eigenvalue weighted by atomic mass is 10.3. The molecule has 0 radical (unpaired) electrons. The van der Waals surface area contributed by atoms with Crippen molar-refractivity contribution in [2.24, 2.45) is 0 Å². The van der Waals surface area contributed by atoms with Gasteiger partial charge in [0.2, 0.25) is 5.91 Å². The van der Waals surface area contributed by atoms with E-state index in [1.807, 2.05) is 0 Å². The highest BCUT2D eigenvalue weighted by atomic mass is 16.5. The first kappa shape index (κ1) is 11.4. The summed E-state index contributed by atoms with van der Waals surface area (Å²) in [5.74, 6) is -1.37. The number of carbonyl (C=O) groups is 3. The van der Waals surface area contributed by atoms with E-state index in [2.05, 4.69) is 16.6 Å². The van der Waals surface area contributed by atoms with Gasteiger partial charge in [-0.25, -0.2) is 0 Å². The number of nitrogens with one attached hydrogen (secondary N) is 1. The van der Waals surface area contributed by atoms with Crippen LogP contribution in [0.25, 0.3) is 0 Å². The fourth-order valence-corrected chi connectivity index (χ4v) is 0.514. The van der Waals surface area contributed by atoms with Crippen molar-refractivity contribution in [1.29, 1.82) is 0 Å². The lowest BCUT2D eigenvalue weighted by Gasteiger charge is -2.02. The molecular formula is C8H11NO4. The maximum Gasteiger partial charge on any atom is 0.315 e. The largest absolute Gasteiger partial charge is 0.444 e. The standard InChI is InChI=1S/C8H11NO4/c1-3-7(11)9-5-13-8(12)4-6(2)10/h3H,1,4-5H2,2H3,(H,9,11). The molecule has 0 rings (SSSR count). The van der Waals surface area contributed by atoms with Crippen LogP contribution in [-0.4, -0.2) is 24.4 Å². The van der Waals surface area contributed by atoms with Crippen molar-refractivity contribution in [3.05, 3.63) is 12.7 Å². The van der Waals surface area contributed by atoms with Crippen molar-refractivity contribution in [1.82, 2.24) is 5.32 Å². The van der Waals surface area contributed by atoms with Gasteiger partial charge in [0, 0.05) is 0 Å². The number of rotatable bonds is 5. The summed E-state index contributed by atoms with van der Waals surface area (Å²) in [7, 11) is 0. The van der Waals surface area contributed by atoms with Gasteiger partial charge in [0.1, 0.15) is 12.2 Å². The maximum absolute atomic E-state index is 10.7. The Morgan fingerprint density at radius 2 is 2.08 bits per heavy atom. The molecule has 0 aromatic heterocycles. The number of esters is 1. The highest BCUT2D eigenvalue weighted by Gasteiger charge is 2.05. The van der Waals surface area contributed by atoms with Gasteiger partial charge in [-0.05, 0) is 13.0 Å². The van der Waals surface area contributed by atoms with E-state index in [0.29, 0.717) is 0 Å². The Labute approximate surface area is 75.8 Å². The summed E-state index contributed by atoms with van der Waals surface area (Å²) in [6, 6.07) is 0. The van der Waals surface area contributed by atoms with Gasteiger partial charge >= 0.3 is 5.97 Å². The molecule has 0 spiro atoms. The smallest absolute Gasteiger partial charge is 0.315 e. The second kappa shape index (κ2) is 5.93. The number of hydrogen-bond donors (Lipinski definition) is 1. The number of Topliss-reactive ketones (excluding diaryl/α,β-unsaturated/α-hetero) is 1. The van der Waals surface area contributed by atoms with Gasteiger partial charge in [0.25, 0.3) is 0 Å². The highest BCUT2D eigenvalue weighted by Crippen LogP contribution is 1.86. The molecule has 1 N–H and O–H groups in total. The van der Waals surface area contributed by atoms with E-state index in [-0.39, 0.29) is 18.9 Å². The molecule has 13 heavy (non-hydrogen) atoms. The maximum atomic E-state index is 10.7. The van der Waals surface area contributed by atoms with E-state index in [1.54, 1.807) is 0 Å². The number of hydrogen-bond acceptors (Lipinski definition) is 4. The Bertz CT molecular complexity index is 234. The minimum atomic E-state index is -0.656. The molecule has 0 saturated carbocycles. The highest BCUT2D eigenvalue weighted by molar-refractivity contribution is 5.94. The van der Waals surface area contributed by atoms with E-state index in [9.17, 15) is 14.4 Å². The third kappa shape index (κ3) is 6.74. The van der Waals surface area contributed by atoms with Gasteiger partial charge in [-0.3, -0.25) is 14.4 Å². The van der Waals surface area contributed by atoms with Crippen molar-refractivity contribution in [2.75, 3.05) is 6.73 Å². The third-order valence-electron chi connectivity index (χ3n) is 1.06. The monoisotopic (exact) mass is 185 g/mol. The Morgan fingerprint density at radius 1 is 1.46 bits per heavy atom. The fourth-order valence-electron chi connectivity index (χ4n) is 0.514. The van der Waals surface area contributed by atoms with Crippen molar-refractivity contribution in [3.63, 3.8) is 0 Å². The Hall–Kier alpha value is -1.65. The summed E-state index contributed by atoms with van der Waals surface area (Å²) < 4.78 is 4.49. The number of ketones is 1. The molecule has 0 aliphatic rings. The molecule has 0 unspecified atom stereocenters. The Morgan fingerprint density at radius 3 is 2.54 bits per heavy atom. The zero-order valence-corrected chi connectivity index (χ0v) is 7.33. The van der Waals surface area contributed by atoms with Crippen LogP contribution in [0.1, 0.15) is 13.3 Å². The van der Waals surface area contributed by atoms with Crippen LogP contribution in [0.3, 0.4) is 0 Å². The predicted molar refractivity (Wildman–Crippen MR) is 44.6 cm³/mol. The molecule has 0 atom stereocenters. The fraction of sp³-hybridized carbons (Fsp3) is 0.375. The van der Waals surface area contributed by atoms with E-state index < -0.39 is 11.9 Å². The molecule has 1 amide bonds. The molecule has 72 valence electrons. The summed E-state index contributed by atoms with van der Waals surface area (Å²) in [4.78, 5) is 31.6. The van der Waals surface area contributed by atoms with Crippen molar-refractivity contribution < 1.29 is 19.1 Å². The number of carbonyl (C=O) groups excluding carboxylic acids is 3. The second-order valence-corrected chi connectivity index (χ2v) is 2.28. The molecule has 0 aliphatic carbocycles. The van der Waals surface area contributed by atoms with Crippen LogP contribution in [0.15, 0.2) is 12.7 Å². The van der Waals surface area contributed by atoms with Crippen molar-refractivity contribution >= 4 is 17.7 Å². The van der Waals surface area contributed by atoms with E-state index >= 15 is 0 Å². The molecule has 0 saturated heterocycles. The first-order chi connectivity index (χ1) is 6.06. The van der Waals surface area contributed by atoms with Crippen LogP contribution in [0, 0.1) is 0 Å². The topological polar surface area (TPSA) is 72.5 Å². The summed E-state index contributed by atoms with van der Waals surface area (Å²) in [5.41, 5.74) is 0. The number of amides is 1. The normalized spacial score (nSPS) is 8.69. The molecule has 0 fully saturated rings. The van der Waals surface area contributed by atoms with Crippen molar-refractivity contribution in [3.8, 4) is 0 Å². The summed E-state index contributed by atoms with van der Waals surface area (Å²) >= 11 is 0. The zero-order chi connectivity index (χ0) is 10.3. The van der Waals surface area contributed by atoms with Crippen LogP contribution >= 0.6 is 0 Å². The summed E-state index contributed by atoms with van der Waals surface area (Å²) in [5, 5.41) is 2.23. The molecule has 5 heteroatoms. The van der Waals surface area contributed by atoms with Crippen LogP contribution in [-0.2, 0) is 19.1 Å². The van der Waals surface area contributed by atoms with Crippen LogP contribution < -0.4 is 5.32 Å². The molecule has 5 nitrogen and oxygen atoms in total. The van der Waals surface area contributed by atoms with Gasteiger partial charge in [-0.2, -0.15) is 0 Å². The van der Waals surface area contributed by atoms with E-state index in [4.69, 9.17) is 0 Å². The van der Waals surface area contributed by atoms with Crippen LogP contribution in [0.4, 0.5) is 0 Å². The first-order valence-corrected chi connectivity index (χ1v) is 3.61. The van der Waals surface area contributed by atoms with Gasteiger partial charge in [0.05, 0.1) is 0 Å². The molecular weight excluding hydrogens is 174 g/mol. The lowest BCUT2D eigenvalue weighted by molar-refractivity contribution is -0.146. The zero-order valence-electron chi connectivity index (χ0n) is 7.33. The minimum Gasteiger partial charge on any atom is -0.444 e. The van der Waals surface area contributed by atoms with E-state index in [1.165, 1.54) is 6.92 Å². The minimum absolute atomic E-state index is 0.239. The average Bonchev–Trinajstić information content (AvgIpc) is 2.02. The lowest BCUT2D eigenvalue weighted by Crippen LogP contribution is -2.26. The number of ether oxygens (including phenoxy) is 1. The van der Waals surface area contributed by atoms with Crippen molar-refractivity contribution in [2.45, 2.75) is 13.3 Å². The van der Waals surface area contributed by atoms with Gasteiger partial charge in [0.15, 0.2) is 6.73 Å². The third-order valence-corrected chi connectivity index (χ3v) is 1.06. The van der Waals surface area contributed by atoms with Crippen LogP contribution in [0.2, 0.25) is 0 Å². The van der Waals surface area contributed by atoms with E-state index in [0.717, 1.165) is 6.08 Å². The van der Waals surface area contributed by atoms with Gasteiger partial charge in [-0.15, -0.1) is 0 Å². The molecule has 0 aliphatic heterocycles. The Kier molecular flexibility index (Phi) is 5.18. The molecule has 0 aromatic rings. The predicted octanol–water partition coefficient (Wildman–Crippen LogP) is -0.232. The SMILES string of the molecule is C=CC(=O)NCOC(=O)CC(C)=O. The van der Waals surface area contributed by atoms with Gasteiger partial charge < -0.3 is 10.1 Å². The summed E-state index contributed by atoms with van der Waals surface area (Å²) in [6.07, 6.45) is 0.781. The van der Waals surface area contributed by atoms with Gasteiger partial charge in [-0.1, -0.05) is 6.58 Å². The molecule has 0 aromatic carbocycles. The average molecular weight is 185 g/mol.